The number of ether oxygens (including phenoxy) is 2. The summed E-state index contributed by atoms with van der Waals surface area (Å²) in [5, 5.41) is 0. The number of allylic oxidation sites excluding steroid dienone is 3. The molecule has 0 fully saturated rings. The molecule has 2 spiro atoms. The topological polar surface area (TPSA) is 21.7 Å². The van der Waals surface area contributed by atoms with Gasteiger partial charge in [0.1, 0.15) is 0 Å². The van der Waals surface area contributed by atoms with E-state index >= 15 is 0 Å². The Labute approximate surface area is 378 Å². The number of anilines is 2. The zero-order valence-electron chi connectivity index (χ0n) is 35.4. The van der Waals surface area contributed by atoms with Crippen molar-refractivity contribution >= 4 is 11.4 Å². The smallest absolute Gasteiger partial charge is 0.194 e. The fourth-order valence-electron chi connectivity index (χ4n) is 12.4. The largest absolute Gasteiger partial charge is 0.449 e. The maximum Gasteiger partial charge on any atom is 0.194 e. The van der Waals surface area contributed by atoms with Crippen molar-refractivity contribution in [2.45, 2.75) is 10.8 Å². The van der Waals surface area contributed by atoms with Gasteiger partial charge >= 0.3 is 0 Å². The van der Waals surface area contributed by atoms with Crippen LogP contribution in [0.5, 0.6) is 23.0 Å². The Morgan fingerprint density at radius 1 is 0.400 bits per heavy atom. The highest BCUT2D eigenvalue weighted by Gasteiger charge is 2.54. The first kappa shape index (κ1) is 36.1. The van der Waals surface area contributed by atoms with E-state index in [0.29, 0.717) is 23.0 Å². The molecule has 9 aromatic carbocycles. The molecule has 0 saturated heterocycles. The van der Waals surface area contributed by atoms with Gasteiger partial charge in [0.2, 0.25) is 0 Å². The van der Waals surface area contributed by atoms with Crippen LogP contribution >= 0.6 is 0 Å². The van der Waals surface area contributed by atoms with Gasteiger partial charge in [0.25, 0.3) is 0 Å². The molecule has 9 aromatic rings. The van der Waals surface area contributed by atoms with Gasteiger partial charge in [0.05, 0.1) is 16.5 Å². The SMILES string of the molecule is C=C/C=C(\C=C)N(c1ccc2c(c1)C1(c3ccccc3-c3ccccc31)c1ccccc1-2)c1cccc2c1Oc1c(ccc3c1-c1ccccc1C31c3ccccc3-c3ccccc31)O2. The average molecular weight is 830 g/mol. The third-order valence-electron chi connectivity index (χ3n) is 14.7. The van der Waals surface area contributed by atoms with Crippen LogP contribution in [0.1, 0.15) is 44.5 Å². The van der Waals surface area contributed by atoms with Gasteiger partial charge in [-0.1, -0.05) is 183 Å². The first-order chi connectivity index (χ1) is 32.2. The molecule has 0 unspecified atom stereocenters. The normalized spacial score (nSPS) is 14.9. The lowest BCUT2D eigenvalue weighted by molar-refractivity contribution is 0.361. The minimum absolute atomic E-state index is 0.507. The van der Waals surface area contributed by atoms with Crippen molar-refractivity contribution in [2.24, 2.45) is 0 Å². The van der Waals surface area contributed by atoms with E-state index in [2.05, 4.69) is 200 Å². The molecule has 1 heterocycles. The van der Waals surface area contributed by atoms with Crippen molar-refractivity contribution in [2.75, 3.05) is 4.90 Å². The number of rotatable bonds is 5. The van der Waals surface area contributed by atoms with Gasteiger partial charge in [-0.15, -0.1) is 0 Å². The Balaban J connectivity index is 0.983. The number of hydrogen-bond acceptors (Lipinski definition) is 3. The number of hydrogen-bond donors (Lipinski definition) is 0. The molecule has 0 atom stereocenters. The molecule has 0 aromatic heterocycles. The van der Waals surface area contributed by atoms with E-state index in [0.717, 1.165) is 28.2 Å². The van der Waals surface area contributed by atoms with E-state index in [1.54, 1.807) is 0 Å². The first-order valence-corrected chi connectivity index (χ1v) is 22.3. The quantitative estimate of drug-likeness (QED) is 0.161. The molecule has 0 saturated carbocycles. The molecule has 3 heteroatoms. The van der Waals surface area contributed by atoms with E-state index in [1.165, 1.54) is 77.9 Å². The standard InChI is InChI=1S/C62H39NO2/c1-3-18-38(4-2)63(39-33-34-45-44-23-9-15-29-51(44)62(54(45)37-39)49-27-13-7-21-42(49)43-22-8-14-28-50(43)62)55-31-17-32-56-59(55)65-60-57(64-56)36-35-53-58(60)46-24-10-16-30-52(46)61(53)47-25-11-5-19-40(47)41-20-6-12-26-48(41)61/h3-37H,1-2H2/b38-18+. The van der Waals surface area contributed by atoms with Gasteiger partial charge in [-0.25, -0.2) is 0 Å². The molecule has 5 aliphatic rings. The Morgan fingerprint density at radius 2 is 0.862 bits per heavy atom. The first-order valence-electron chi connectivity index (χ1n) is 22.3. The van der Waals surface area contributed by atoms with Gasteiger partial charge in [-0.05, 0) is 126 Å². The molecule has 0 amide bonds. The number of nitrogens with zero attached hydrogens (tertiary/aromatic N) is 1. The van der Waals surface area contributed by atoms with E-state index in [1.807, 2.05) is 30.4 Å². The van der Waals surface area contributed by atoms with Crippen LogP contribution < -0.4 is 14.4 Å². The summed E-state index contributed by atoms with van der Waals surface area (Å²) >= 11 is 0. The van der Waals surface area contributed by atoms with Crippen molar-refractivity contribution in [3.63, 3.8) is 0 Å². The Kier molecular flexibility index (Phi) is 7.26. The lowest BCUT2D eigenvalue weighted by atomic mass is 9.70. The minimum Gasteiger partial charge on any atom is -0.449 e. The highest BCUT2D eigenvalue weighted by atomic mass is 16.6. The Hall–Kier alpha value is -8.40. The summed E-state index contributed by atoms with van der Waals surface area (Å²) in [7, 11) is 0. The van der Waals surface area contributed by atoms with Crippen LogP contribution in [0.25, 0.3) is 44.5 Å². The van der Waals surface area contributed by atoms with E-state index in [4.69, 9.17) is 9.47 Å². The fraction of sp³-hybridized carbons (Fsp3) is 0.0323. The van der Waals surface area contributed by atoms with Crippen molar-refractivity contribution in [1.29, 1.82) is 0 Å². The molecule has 1 aliphatic heterocycles. The Bertz CT molecular complexity index is 3520. The minimum atomic E-state index is -0.512. The van der Waals surface area contributed by atoms with Gasteiger partial charge in [-0.3, -0.25) is 0 Å². The summed E-state index contributed by atoms with van der Waals surface area (Å²) in [6.07, 6.45) is 5.72. The van der Waals surface area contributed by atoms with Crippen LogP contribution in [0.4, 0.5) is 11.4 Å². The summed E-state index contributed by atoms with van der Waals surface area (Å²) < 4.78 is 14.4. The zero-order valence-corrected chi connectivity index (χ0v) is 35.4. The van der Waals surface area contributed by atoms with Crippen molar-refractivity contribution in [3.05, 3.63) is 276 Å². The summed E-state index contributed by atoms with van der Waals surface area (Å²) in [5.41, 5.74) is 21.5. The molecular formula is C62H39NO2. The fourth-order valence-corrected chi connectivity index (χ4v) is 12.4. The van der Waals surface area contributed by atoms with E-state index < -0.39 is 10.8 Å². The predicted molar refractivity (Wildman–Crippen MR) is 263 cm³/mol. The van der Waals surface area contributed by atoms with Crippen LogP contribution in [0.3, 0.4) is 0 Å². The molecule has 304 valence electrons. The summed E-state index contributed by atoms with van der Waals surface area (Å²) in [6.45, 7) is 8.50. The molecule has 0 bridgehead atoms. The molecule has 65 heavy (non-hydrogen) atoms. The highest BCUT2D eigenvalue weighted by molar-refractivity contribution is 5.99. The van der Waals surface area contributed by atoms with E-state index in [9.17, 15) is 0 Å². The maximum absolute atomic E-state index is 7.44. The highest BCUT2D eigenvalue weighted by Crippen LogP contribution is 2.68. The van der Waals surface area contributed by atoms with Crippen LogP contribution in [0.2, 0.25) is 0 Å². The summed E-state index contributed by atoms with van der Waals surface area (Å²) in [4.78, 5) is 2.24. The third-order valence-corrected chi connectivity index (χ3v) is 14.7. The van der Waals surface area contributed by atoms with Gasteiger partial charge in [-0.2, -0.15) is 0 Å². The van der Waals surface area contributed by atoms with Crippen LogP contribution in [-0.4, -0.2) is 0 Å². The van der Waals surface area contributed by atoms with Gasteiger partial charge in [0, 0.05) is 16.9 Å². The number of benzene rings is 9. The Morgan fingerprint density at radius 3 is 1.38 bits per heavy atom. The van der Waals surface area contributed by atoms with Crippen LogP contribution in [0, 0.1) is 0 Å². The third kappa shape index (κ3) is 4.40. The zero-order chi connectivity index (χ0) is 43.0. The lowest BCUT2D eigenvalue weighted by Crippen LogP contribution is -2.26. The summed E-state index contributed by atoms with van der Waals surface area (Å²) in [5.74, 6) is 2.67. The number of para-hydroxylation sites is 1. The van der Waals surface area contributed by atoms with Crippen molar-refractivity contribution in [3.8, 4) is 67.5 Å². The molecule has 3 nitrogen and oxygen atoms in total. The summed E-state index contributed by atoms with van der Waals surface area (Å²) in [6, 6.07) is 70.8. The predicted octanol–water partition coefficient (Wildman–Crippen LogP) is 15.7. The van der Waals surface area contributed by atoms with Crippen molar-refractivity contribution < 1.29 is 9.47 Å². The van der Waals surface area contributed by atoms with E-state index in [-0.39, 0.29) is 0 Å². The molecular weight excluding hydrogens is 791 g/mol. The van der Waals surface area contributed by atoms with Crippen molar-refractivity contribution in [1.82, 2.24) is 0 Å². The van der Waals surface area contributed by atoms with Crippen LogP contribution in [-0.2, 0) is 10.8 Å². The molecule has 0 N–H and O–H groups in total. The van der Waals surface area contributed by atoms with Gasteiger partial charge < -0.3 is 14.4 Å². The van der Waals surface area contributed by atoms with Crippen LogP contribution in [0.15, 0.2) is 231 Å². The maximum atomic E-state index is 7.44. The molecule has 4 aliphatic carbocycles. The second-order valence-electron chi connectivity index (χ2n) is 17.5. The second kappa shape index (κ2) is 13.1. The second-order valence-corrected chi connectivity index (χ2v) is 17.5. The molecule has 14 rings (SSSR count). The average Bonchev–Trinajstić information content (AvgIpc) is 4.05. The number of fused-ring (bicyclic) bond motifs is 23. The lowest BCUT2D eigenvalue weighted by Gasteiger charge is -2.34. The monoisotopic (exact) mass is 829 g/mol. The van der Waals surface area contributed by atoms with Gasteiger partial charge in [0.15, 0.2) is 23.0 Å². The molecule has 0 radical (unpaired) electrons.